The normalized spacial score (nSPS) is 16.0. The predicted molar refractivity (Wildman–Crippen MR) is 165 cm³/mol. The Morgan fingerprint density at radius 2 is 1.80 bits per heavy atom. The van der Waals surface area contributed by atoms with E-state index in [9.17, 15) is 9.59 Å². The third-order valence-corrected chi connectivity index (χ3v) is 10.1. The average molecular weight is 584 g/mol. The molecule has 1 aliphatic heterocycles. The average Bonchev–Trinajstić information content (AvgIpc) is 3.66. The highest BCUT2D eigenvalue weighted by Crippen LogP contribution is 2.34. The maximum absolute atomic E-state index is 14.0. The molecular formula is C32H33N5O2S2. The summed E-state index contributed by atoms with van der Waals surface area (Å²) in [7, 11) is 0. The van der Waals surface area contributed by atoms with Crippen LogP contribution >= 0.6 is 23.1 Å². The highest BCUT2D eigenvalue weighted by Gasteiger charge is 2.28. The summed E-state index contributed by atoms with van der Waals surface area (Å²) in [6.07, 6.45) is 8.85. The molecule has 0 unspecified atom stereocenters. The minimum Gasteiger partial charge on any atom is -0.336 e. The summed E-state index contributed by atoms with van der Waals surface area (Å²) in [5.74, 6) is 2.26. The lowest BCUT2D eigenvalue weighted by molar-refractivity contribution is -0.123. The number of rotatable bonds is 7. The molecule has 2 amide bonds. The number of aromatic nitrogens is 2. The van der Waals surface area contributed by atoms with E-state index >= 15 is 0 Å². The Labute approximate surface area is 248 Å². The van der Waals surface area contributed by atoms with E-state index in [1.54, 1.807) is 6.33 Å². The van der Waals surface area contributed by atoms with Crippen molar-refractivity contribution in [2.75, 3.05) is 29.5 Å². The fourth-order valence-electron chi connectivity index (χ4n) is 5.76. The quantitative estimate of drug-likeness (QED) is 0.254. The Morgan fingerprint density at radius 3 is 2.56 bits per heavy atom. The standard InChI is InChI=1S/C32H33N5O2S2/c33-18-23-6-8-24(9-7-23)20-36-22-34-19-28(36)21-37(31(38)25-4-2-1-3-5-25)27-10-11-29-26(16-27)17-30(41-29)32(39)35-12-14-40-15-13-35/h6-11,16-17,19,22,25H,1-5,12-15,20-21H2. The molecule has 1 saturated carbocycles. The first-order valence-electron chi connectivity index (χ1n) is 14.3. The Bertz CT molecular complexity index is 1570. The zero-order valence-corrected chi connectivity index (χ0v) is 24.6. The van der Waals surface area contributed by atoms with E-state index in [0.717, 1.165) is 82.2 Å². The molecule has 7 nitrogen and oxygen atoms in total. The number of hydrogen-bond acceptors (Lipinski definition) is 6. The van der Waals surface area contributed by atoms with E-state index < -0.39 is 0 Å². The van der Waals surface area contributed by atoms with Gasteiger partial charge in [0.25, 0.3) is 5.91 Å². The van der Waals surface area contributed by atoms with Crippen LogP contribution in [0.25, 0.3) is 10.1 Å². The number of thiophene rings is 1. The van der Waals surface area contributed by atoms with Gasteiger partial charge in [0.1, 0.15) is 0 Å². The molecular weight excluding hydrogens is 551 g/mol. The summed E-state index contributed by atoms with van der Waals surface area (Å²) < 4.78 is 3.12. The third-order valence-electron chi connectivity index (χ3n) is 8.10. The molecule has 4 aromatic rings. The molecule has 0 N–H and O–H groups in total. The van der Waals surface area contributed by atoms with Gasteiger partial charge in [0.05, 0.1) is 35.1 Å². The lowest BCUT2D eigenvalue weighted by Gasteiger charge is -2.30. The van der Waals surface area contributed by atoms with Gasteiger partial charge in [-0.15, -0.1) is 11.3 Å². The van der Waals surface area contributed by atoms with E-state index in [4.69, 9.17) is 5.26 Å². The predicted octanol–water partition coefficient (Wildman–Crippen LogP) is 6.32. The van der Waals surface area contributed by atoms with Crippen LogP contribution in [0, 0.1) is 17.2 Å². The summed E-state index contributed by atoms with van der Waals surface area (Å²) in [5.41, 5.74) is 3.50. The van der Waals surface area contributed by atoms with Crippen molar-refractivity contribution in [3.8, 4) is 6.07 Å². The van der Waals surface area contributed by atoms with Gasteiger partial charge in [-0.25, -0.2) is 4.98 Å². The largest absolute Gasteiger partial charge is 0.336 e. The number of nitrogens with zero attached hydrogens (tertiary/aromatic N) is 5. The molecule has 210 valence electrons. The maximum Gasteiger partial charge on any atom is 0.264 e. The van der Waals surface area contributed by atoms with Gasteiger partial charge in [-0.1, -0.05) is 31.4 Å². The van der Waals surface area contributed by atoms with Crippen LogP contribution < -0.4 is 4.90 Å². The molecule has 3 heterocycles. The number of carbonyl (C=O) groups is 2. The number of hydrogen-bond donors (Lipinski definition) is 0. The number of imidazole rings is 1. The fourth-order valence-corrected chi connectivity index (χ4v) is 7.67. The highest BCUT2D eigenvalue weighted by atomic mass is 32.2. The Kier molecular flexibility index (Phi) is 8.40. The minimum atomic E-state index is 0.0194. The molecule has 6 rings (SSSR count). The van der Waals surface area contributed by atoms with E-state index in [0.29, 0.717) is 18.7 Å². The van der Waals surface area contributed by atoms with Crippen molar-refractivity contribution in [2.24, 2.45) is 5.92 Å². The van der Waals surface area contributed by atoms with Crippen molar-refractivity contribution in [1.82, 2.24) is 14.5 Å². The van der Waals surface area contributed by atoms with Gasteiger partial charge in [0, 0.05) is 53.6 Å². The molecule has 1 aliphatic carbocycles. The maximum atomic E-state index is 14.0. The topological polar surface area (TPSA) is 82.2 Å². The lowest BCUT2D eigenvalue weighted by atomic mass is 9.88. The van der Waals surface area contributed by atoms with Crippen LogP contribution in [-0.4, -0.2) is 50.9 Å². The molecule has 41 heavy (non-hydrogen) atoms. The molecule has 2 aliphatic rings. The number of amides is 2. The van der Waals surface area contributed by atoms with E-state index in [1.807, 2.05) is 70.2 Å². The highest BCUT2D eigenvalue weighted by molar-refractivity contribution is 7.99. The lowest BCUT2D eigenvalue weighted by Crippen LogP contribution is -2.37. The number of anilines is 1. The molecule has 0 radical (unpaired) electrons. The number of fused-ring (bicyclic) bond motifs is 1. The van der Waals surface area contributed by atoms with Gasteiger partial charge in [0.2, 0.25) is 5.91 Å². The molecule has 2 aromatic heterocycles. The second-order valence-electron chi connectivity index (χ2n) is 10.8. The number of nitriles is 1. The molecule has 0 atom stereocenters. The first-order valence-corrected chi connectivity index (χ1v) is 16.3. The second kappa shape index (κ2) is 12.5. The molecule has 2 aromatic carbocycles. The summed E-state index contributed by atoms with van der Waals surface area (Å²) in [6.45, 7) is 2.61. The third kappa shape index (κ3) is 6.19. The molecule has 2 fully saturated rings. The van der Waals surface area contributed by atoms with E-state index in [-0.39, 0.29) is 17.7 Å². The molecule has 1 saturated heterocycles. The van der Waals surface area contributed by atoms with Crippen LogP contribution in [0.2, 0.25) is 0 Å². The first-order chi connectivity index (χ1) is 20.1. The van der Waals surface area contributed by atoms with Crippen molar-refractivity contribution in [3.63, 3.8) is 0 Å². The monoisotopic (exact) mass is 583 g/mol. The Morgan fingerprint density at radius 1 is 1.02 bits per heavy atom. The van der Waals surface area contributed by atoms with Crippen molar-refractivity contribution in [2.45, 2.75) is 45.2 Å². The zero-order chi connectivity index (χ0) is 28.2. The number of thioether (sulfide) groups is 1. The zero-order valence-electron chi connectivity index (χ0n) is 23.0. The van der Waals surface area contributed by atoms with Gasteiger partial charge in [-0.3, -0.25) is 9.59 Å². The fraction of sp³-hybridized carbons (Fsp3) is 0.375. The van der Waals surface area contributed by atoms with Crippen LogP contribution in [0.4, 0.5) is 5.69 Å². The Balaban J connectivity index is 1.29. The van der Waals surface area contributed by atoms with Crippen molar-refractivity contribution < 1.29 is 9.59 Å². The second-order valence-corrected chi connectivity index (χ2v) is 13.1. The van der Waals surface area contributed by atoms with E-state index in [1.165, 1.54) is 17.8 Å². The van der Waals surface area contributed by atoms with Crippen LogP contribution in [-0.2, 0) is 17.9 Å². The van der Waals surface area contributed by atoms with Gasteiger partial charge in [0.15, 0.2) is 0 Å². The van der Waals surface area contributed by atoms with Gasteiger partial charge >= 0.3 is 0 Å². The van der Waals surface area contributed by atoms with Crippen molar-refractivity contribution >= 4 is 50.7 Å². The van der Waals surface area contributed by atoms with Gasteiger partial charge in [-0.2, -0.15) is 17.0 Å². The molecule has 0 spiro atoms. The first kappa shape index (κ1) is 27.6. The summed E-state index contributed by atoms with van der Waals surface area (Å²) in [4.78, 5) is 36.3. The van der Waals surface area contributed by atoms with Crippen LogP contribution in [0.1, 0.15) is 58.6 Å². The molecule has 9 heteroatoms. The van der Waals surface area contributed by atoms with Crippen molar-refractivity contribution in [3.05, 3.63) is 82.8 Å². The Hall–Kier alpha value is -3.61. The summed E-state index contributed by atoms with van der Waals surface area (Å²) in [5, 5.41) is 10.1. The number of carbonyl (C=O) groups excluding carboxylic acids is 2. The number of benzene rings is 2. The van der Waals surface area contributed by atoms with Crippen LogP contribution in [0.15, 0.2) is 61.1 Å². The summed E-state index contributed by atoms with van der Waals surface area (Å²) in [6, 6.07) is 17.9. The minimum absolute atomic E-state index is 0.0194. The summed E-state index contributed by atoms with van der Waals surface area (Å²) >= 11 is 3.43. The molecule has 0 bridgehead atoms. The SMILES string of the molecule is N#Cc1ccc(Cn2cncc2CN(C(=O)C2CCCCC2)c2ccc3sc(C(=O)N4CCSCC4)cc3c2)cc1. The van der Waals surface area contributed by atoms with Crippen LogP contribution in [0.5, 0.6) is 0 Å². The van der Waals surface area contributed by atoms with Gasteiger partial charge < -0.3 is 14.4 Å². The smallest absolute Gasteiger partial charge is 0.264 e. The van der Waals surface area contributed by atoms with Crippen molar-refractivity contribution in [1.29, 1.82) is 5.26 Å². The van der Waals surface area contributed by atoms with Gasteiger partial charge in [-0.05, 0) is 60.2 Å². The van der Waals surface area contributed by atoms with E-state index in [2.05, 4.69) is 21.7 Å². The van der Waals surface area contributed by atoms with Crippen LogP contribution in [0.3, 0.4) is 0 Å².